The van der Waals surface area contributed by atoms with Gasteiger partial charge in [0.1, 0.15) is 5.54 Å². The van der Waals surface area contributed by atoms with E-state index < -0.39 is 5.54 Å². The van der Waals surface area contributed by atoms with Crippen molar-refractivity contribution in [3.05, 3.63) is 0 Å². The monoisotopic (exact) mass is 269 g/mol. The summed E-state index contributed by atoms with van der Waals surface area (Å²) in [5, 5.41) is 12.1. The van der Waals surface area contributed by atoms with E-state index in [9.17, 15) is 0 Å². The van der Waals surface area contributed by atoms with Gasteiger partial charge in [-0.2, -0.15) is 5.26 Å². The Morgan fingerprint density at radius 2 is 1.84 bits per heavy atom. The molecule has 0 aromatic rings. The van der Waals surface area contributed by atoms with Gasteiger partial charge in [0.05, 0.1) is 18.3 Å². The van der Waals surface area contributed by atoms with Crippen LogP contribution in [-0.4, -0.2) is 63.5 Å². The van der Waals surface area contributed by atoms with E-state index in [1.807, 2.05) is 14.0 Å². The molecule has 0 saturated carbocycles. The van der Waals surface area contributed by atoms with Gasteiger partial charge in [-0.25, -0.2) is 0 Å². The smallest absolute Gasteiger partial charge is 0.103 e. The number of nitrogens with zero attached hydrogens (tertiary/aromatic N) is 2. The molecule has 0 bridgehead atoms. The minimum atomic E-state index is -0.394. The number of rotatable bonds is 8. The van der Waals surface area contributed by atoms with Crippen LogP contribution in [0.5, 0.6) is 0 Å². The lowest BCUT2D eigenvalue weighted by atomic mass is 9.97. The maximum Gasteiger partial charge on any atom is 0.103 e. The zero-order chi connectivity index (χ0) is 14.3. The van der Waals surface area contributed by atoms with Crippen molar-refractivity contribution in [2.24, 2.45) is 0 Å². The van der Waals surface area contributed by atoms with Crippen molar-refractivity contribution in [2.75, 3.05) is 40.9 Å². The van der Waals surface area contributed by atoms with Crippen molar-refractivity contribution < 1.29 is 9.47 Å². The molecular formula is C14H27N3O2. The van der Waals surface area contributed by atoms with E-state index in [4.69, 9.17) is 14.7 Å². The molecule has 1 saturated heterocycles. The van der Waals surface area contributed by atoms with Gasteiger partial charge in [-0.1, -0.05) is 0 Å². The quantitative estimate of drug-likeness (QED) is 0.666. The molecule has 0 aromatic carbocycles. The molecule has 1 heterocycles. The summed E-state index contributed by atoms with van der Waals surface area (Å²) in [4.78, 5) is 2.38. The largest absolute Gasteiger partial charge is 0.377 e. The fraction of sp³-hybridized carbons (Fsp3) is 0.929. The van der Waals surface area contributed by atoms with Crippen LogP contribution in [0.15, 0.2) is 0 Å². The van der Waals surface area contributed by atoms with E-state index in [0.717, 1.165) is 38.9 Å². The first-order valence-corrected chi connectivity index (χ1v) is 6.96. The fourth-order valence-electron chi connectivity index (χ4n) is 2.50. The highest BCUT2D eigenvalue weighted by Crippen LogP contribution is 2.17. The minimum absolute atomic E-state index is 0.187. The molecule has 0 radical (unpaired) electrons. The van der Waals surface area contributed by atoms with Crippen LogP contribution >= 0.6 is 0 Å². The van der Waals surface area contributed by atoms with Crippen LogP contribution in [0.4, 0.5) is 0 Å². The van der Waals surface area contributed by atoms with Gasteiger partial charge < -0.3 is 14.8 Å². The number of ether oxygens (including phenoxy) is 2. The van der Waals surface area contributed by atoms with Gasteiger partial charge in [0.25, 0.3) is 0 Å². The molecule has 0 spiro atoms. The highest BCUT2D eigenvalue weighted by Gasteiger charge is 2.32. The van der Waals surface area contributed by atoms with Gasteiger partial charge in [-0.3, -0.25) is 4.90 Å². The Kier molecular flexibility index (Phi) is 6.73. The van der Waals surface area contributed by atoms with Gasteiger partial charge in [0.2, 0.25) is 0 Å². The number of hydrogen-bond acceptors (Lipinski definition) is 5. The Labute approximate surface area is 116 Å². The second-order valence-corrected chi connectivity index (χ2v) is 5.46. The summed E-state index contributed by atoms with van der Waals surface area (Å²) >= 11 is 0. The maximum absolute atomic E-state index is 9.07. The second kappa shape index (κ2) is 7.81. The summed E-state index contributed by atoms with van der Waals surface area (Å²) < 4.78 is 10.8. The highest BCUT2D eigenvalue weighted by atomic mass is 16.5. The van der Waals surface area contributed by atoms with Crippen LogP contribution in [-0.2, 0) is 9.47 Å². The Morgan fingerprint density at radius 1 is 1.26 bits per heavy atom. The van der Waals surface area contributed by atoms with E-state index in [1.165, 1.54) is 0 Å². The lowest BCUT2D eigenvalue weighted by Gasteiger charge is -2.21. The molecule has 19 heavy (non-hydrogen) atoms. The van der Waals surface area contributed by atoms with E-state index in [-0.39, 0.29) is 12.2 Å². The number of hydrogen-bond donors (Lipinski definition) is 1. The number of nitriles is 1. The number of methoxy groups -OCH3 is 2. The molecule has 5 nitrogen and oxygen atoms in total. The number of likely N-dealkylation sites (tertiary alicyclic amines) is 1. The molecule has 1 aliphatic rings. The topological polar surface area (TPSA) is 57.5 Å². The minimum Gasteiger partial charge on any atom is -0.377 e. The van der Waals surface area contributed by atoms with Crippen LogP contribution in [0.1, 0.15) is 26.2 Å². The van der Waals surface area contributed by atoms with Crippen LogP contribution in [0.2, 0.25) is 0 Å². The van der Waals surface area contributed by atoms with Crippen molar-refractivity contribution in [2.45, 2.75) is 43.9 Å². The normalized spacial score (nSPS) is 27.1. The van der Waals surface area contributed by atoms with Crippen LogP contribution in [0.25, 0.3) is 0 Å². The lowest BCUT2D eigenvalue weighted by Crippen LogP contribution is -2.38. The molecule has 0 aliphatic carbocycles. The third-order valence-electron chi connectivity index (χ3n) is 4.10. The molecule has 110 valence electrons. The molecule has 0 aromatic heterocycles. The summed E-state index contributed by atoms with van der Waals surface area (Å²) in [7, 11) is 5.33. The Bertz CT molecular complexity index is 294. The molecule has 1 N–H and O–H groups in total. The summed E-state index contributed by atoms with van der Waals surface area (Å²) in [6.07, 6.45) is 3.41. The summed E-state index contributed by atoms with van der Waals surface area (Å²) in [6.45, 7) is 4.88. The molecule has 3 unspecified atom stereocenters. The van der Waals surface area contributed by atoms with E-state index >= 15 is 0 Å². The van der Waals surface area contributed by atoms with Gasteiger partial charge in [-0.15, -0.1) is 0 Å². The predicted octanol–water partition coefficient (Wildman–Crippen LogP) is 1.00. The van der Waals surface area contributed by atoms with Crippen molar-refractivity contribution in [3.8, 4) is 6.07 Å². The summed E-state index contributed by atoms with van der Waals surface area (Å²) in [5.74, 6) is 0. The molecule has 1 fully saturated rings. The molecule has 5 heteroatoms. The molecule has 3 atom stereocenters. The predicted molar refractivity (Wildman–Crippen MR) is 75.0 cm³/mol. The molecular weight excluding hydrogens is 242 g/mol. The SMILES string of the molecule is CNC(C)(C#N)CCCCN1CC(OC)C(OC)C1. The molecule has 1 rings (SSSR count). The summed E-state index contributed by atoms with van der Waals surface area (Å²) in [6, 6.07) is 2.32. The zero-order valence-corrected chi connectivity index (χ0v) is 12.6. The van der Waals surface area contributed by atoms with Crippen LogP contribution < -0.4 is 5.32 Å². The van der Waals surface area contributed by atoms with Crippen molar-refractivity contribution >= 4 is 0 Å². The van der Waals surface area contributed by atoms with Crippen LogP contribution in [0.3, 0.4) is 0 Å². The third kappa shape index (κ3) is 4.73. The highest BCUT2D eigenvalue weighted by molar-refractivity contribution is 5.02. The third-order valence-corrected chi connectivity index (χ3v) is 4.10. The Balaban J connectivity index is 2.23. The zero-order valence-electron chi connectivity index (χ0n) is 12.6. The number of unbranched alkanes of at least 4 members (excludes halogenated alkanes) is 1. The van der Waals surface area contributed by atoms with Crippen molar-refractivity contribution in [1.82, 2.24) is 10.2 Å². The van der Waals surface area contributed by atoms with E-state index in [1.54, 1.807) is 14.2 Å². The Hall–Kier alpha value is -0.670. The average molecular weight is 269 g/mol. The standard InChI is InChI=1S/C14H27N3O2/c1-14(11-15,16-2)7-5-6-8-17-9-12(18-3)13(10-17)19-4/h12-13,16H,5-10H2,1-4H3. The first kappa shape index (κ1) is 16.4. The van der Waals surface area contributed by atoms with Crippen LogP contribution in [0, 0.1) is 11.3 Å². The average Bonchev–Trinajstić information content (AvgIpc) is 2.85. The van der Waals surface area contributed by atoms with Crippen molar-refractivity contribution in [1.29, 1.82) is 5.26 Å². The molecule has 0 amide bonds. The first-order chi connectivity index (χ1) is 9.08. The van der Waals surface area contributed by atoms with E-state index in [2.05, 4.69) is 16.3 Å². The first-order valence-electron chi connectivity index (χ1n) is 6.96. The number of nitrogens with one attached hydrogen (secondary N) is 1. The van der Waals surface area contributed by atoms with Gasteiger partial charge in [-0.05, 0) is 39.8 Å². The Morgan fingerprint density at radius 3 is 2.26 bits per heavy atom. The van der Waals surface area contributed by atoms with E-state index in [0.29, 0.717) is 0 Å². The second-order valence-electron chi connectivity index (χ2n) is 5.46. The maximum atomic E-state index is 9.07. The van der Waals surface area contributed by atoms with Gasteiger partial charge in [0, 0.05) is 27.3 Å². The van der Waals surface area contributed by atoms with Gasteiger partial charge in [0.15, 0.2) is 0 Å². The van der Waals surface area contributed by atoms with Gasteiger partial charge >= 0.3 is 0 Å². The fourth-order valence-corrected chi connectivity index (χ4v) is 2.50. The summed E-state index contributed by atoms with van der Waals surface area (Å²) in [5.41, 5.74) is -0.394. The lowest BCUT2D eigenvalue weighted by molar-refractivity contribution is -0.00461. The molecule has 1 aliphatic heterocycles. The van der Waals surface area contributed by atoms with Crippen molar-refractivity contribution in [3.63, 3.8) is 0 Å².